The number of rotatable bonds is 7. The smallest absolute Gasteiger partial charge is 0.302 e. The van der Waals surface area contributed by atoms with Gasteiger partial charge in [0.05, 0.1) is 0 Å². The van der Waals surface area contributed by atoms with Crippen molar-refractivity contribution in [1.82, 2.24) is 10.4 Å². The Balaban J connectivity index is 2.02. The molecule has 7 nitrogen and oxygen atoms in total. The predicted molar refractivity (Wildman–Crippen MR) is 60.4 cm³/mol. The van der Waals surface area contributed by atoms with Crippen molar-refractivity contribution in [3.05, 3.63) is 0 Å². The van der Waals surface area contributed by atoms with Gasteiger partial charge in [0.1, 0.15) is 0 Å². The molecule has 1 aliphatic heterocycles. The summed E-state index contributed by atoms with van der Waals surface area (Å²) in [4.78, 5) is 16.8. The lowest BCUT2D eigenvalue weighted by molar-refractivity contribution is 0.236. The summed E-state index contributed by atoms with van der Waals surface area (Å²) in [5, 5.41) is 2.10. The quantitative estimate of drug-likeness (QED) is 0.460. The van der Waals surface area contributed by atoms with E-state index in [-0.39, 0.29) is 6.16 Å². The van der Waals surface area contributed by atoms with Gasteiger partial charge in [-0.1, -0.05) is 0 Å². The summed E-state index contributed by atoms with van der Waals surface area (Å²) in [5.74, 6) is 0. The Kier molecular flexibility index (Phi) is 6.15. The first-order chi connectivity index (χ1) is 7.47. The van der Waals surface area contributed by atoms with Crippen LogP contribution in [0.2, 0.25) is 0 Å². The van der Waals surface area contributed by atoms with E-state index in [9.17, 15) is 9.13 Å². The fourth-order valence-electron chi connectivity index (χ4n) is 1.52. The minimum Gasteiger partial charge on any atom is -0.302 e. The van der Waals surface area contributed by atoms with E-state index in [1.54, 1.807) is 0 Å². The summed E-state index contributed by atoms with van der Waals surface area (Å²) in [5.41, 5.74) is 3.16. The molecule has 3 N–H and O–H groups in total. The Labute approximate surface area is 95.2 Å². The van der Waals surface area contributed by atoms with Crippen molar-refractivity contribution in [2.45, 2.75) is 19.3 Å². The molecule has 16 heavy (non-hydrogen) atoms. The minimum atomic E-state index is -4.59. The summed E-state index contributed by atoms with van der Waals surface area (Å²) < 4.78 is 25.5. The molecule has 0 bridgehead atoms. The van der Waals surface area contributed by atoms with Crippen LogP contribution in [0.1, 0.15) is 19.3 Å². The average molecular weight is 272 g/mol. The largest absolute Gasteiger partial charge is 0.475 e. The van der Waals surface area contributed by atoms with Gasteiger partial charge in [-0.2, -0.15) is 0 Å². The van der Waals surface area contributed by atoms with Gasteiger partial charge in [0.2, 0.25) is 8.03 Å². The van der Waals surface area contributed by atoms with Gasteiger partial charge >= 0.3 is 7.82 Å². The molecule has 96 valence electrons. The Bertz CT molecular complexity index is 276. The molecule has 1 rings (SSSR count). The van der Waals surface area contributed by atoms with Crippen molar-refractivity contribution in [1.29, 1.82) is 0 Å². The number of nitrogens with zero attached hydrogens (tertiary/aromatic N) is 1. The zero-order chi connectivity index (χ0) is 12.0. The predicted octanol–water partition coefficient (Wildman–Crippen LogP) is 0.561. The Hall–Kier alpha value is 0.260. The summed E-state index contributed by atoms with van der Waals surface area (Å²) in [6, 6.07) is 0. The molecule has 1 fully saturated rings. The van der Waals surface area contributed by atoms with E-state index in [0.29, 0.717) is 13.0 Å². The number of hydrazine groups is 1. The number of phosphoric acid groups is 1. The molecule has 0 radical (unpaired) electrons. The van der Waals surface area contributed by atoms with Gasteiger partial charge in [-0.05, 0) is 19.3 Å². The Morgan fingerprint density at radius 2 is 2.00 bits per heavy atom. The van der Waals surface area contributed by atoms with E-state index in [0.717, 1.165) is 13.1 Å². The maximum atomic E-state index is 11.1. The van der Waals surface area contributed by atoms with Gasteiger partial charge in [0.25, 0.3) is 0 Å². The maximum Gasteiger partial charge on any atom is 0.475 e. The Morgan fingerprint density at radius 3 is 2.56 bits per heavy atom. The topological polar surface area (TPSA) is 99.1 Å². The van der Waals surface area contributed by atoms with Crippen molar-refractivity contribution < 1.29 is 23.2 Å². The first kappa shape index (κ1) is 14.3. The summed E-state index contributed by atoms with van der Waals surface area (Å²) >= 11 is 0. The van der Waals surface area contributed by atoms with Crippen LogP contribution in [0.25, 0.3) is 0 Å². The second kappa shape index (κ2) is 6.87. The molecule has 1 heterocycles. The molecule has 0 aromatic heterocycles. The third-order valence-electron chi connectivity index (χ3n) is 2.22. The minimum absolute atomic E-state index is 0.191. The molecule has 9 heteroatoms. The van der Waals surface area contributed by atoms with Crippen LogP contribution in [-0.2, 0) is 13.4 Å². The van der Waals surface area contributed by atoms with Gasteiger partial charge in [0.15, 0.2) is 0 Å². The van der Waals surface area contributed by atoms with Crippen LogP contribution in [-0.4, -0.2) is 40.6 Å². The van der Waals surface area contributed by atoms with E-state index in [2.05, 4.69) is 14.7 Å². The molecule has 0 spiro atoms. The van der Waals surface area contributed by atoms with Gasteiger partial charge in [-0.25, -0.2) is 13.9 Å². The van der Waals surface area contributed by atoms with Crippen LogP contribution in [0, 0.1) is 0 Å². The van der Waals surface area contributed by atoms with Gasteiger partial charge in [-0.15, -0.1) is 0 Å². The third kappa shape index (κ3) is 6.76. The van der Waals surface area contributed by atoms with Crippen molar-refractivity contribution in [2.24, 2.45) is 0 Å². The summed E-state index contributed by atoms with van der Waals surface area (Å²) in [6.45, 7) is 2.70. The zero-order valence-corrected chi connectivity index (χ0v) is 10.9. The normalized spacial score (nSPS) is 20.1. The lowest BCUT2D eigenvalue weighted by Crippen LogP contribution is -2.36. The summed E-state index contributed by atoms with van der Waals surface area (Å²) in [7, 11) is -7.20. The molecule has 1 atom stereocenters. The SMILES string of the molecule is O=[PH](CCCNN1CCCC1)OP(=O)(O)O. The number of nitrogens with one attached hydrogen (secondary N) is 1. The van der Waals surface area contributed by atoms with Crippen molar-refractivity contribution in [3.8, 4) is 0 Å². The van der Waals surface area contributed by atoms with Crippen molar-refractivity contribution >= 4 is 15.9 Å². The lowest BCUT2D eigenvalue weighted by atomic mass is 10.4. The van der Waals surface area contributed by atoms with Crippen LogP contribution in [0.3, 0.4) is 0 Å². The number of hydrogen-bond acceptors (Lipinski definition) is 5. The van der Waals surface area contributed by atoms with E-state index in [1.807, 2.05) is 0 Å². The highest BCUT2D eigenvalue weighted by molar-refractivity contribution is 7.57. The second-order valence-electron chi connectivity index (χ2n) is 3.66. The highest BCUT2D eigenvalue weighted by Crippen LogP contribution is 2.47. The van der Waals surface area contributed by atoms with E-state index < -0.39 is 15.9 Å². The zero-order valence-electron chi connectivity index (χ0n) is 8.96. The van der Waals surface area contributed by atoms with Crippen LogP contribution >= 0.6 is 15.9 Å². The molecule has 0 aromatic rings. The molecule has 0 saturated carbocycles. The van der Waals surface area contributed by atoms with E-state index in [1.165, 1.54) is 12.8 Å². The molecule has 1 aliphatic rings. The van der Waals surface area contributed by atoms with E-state index in [4.69, 9.17) is 9.79 Å². The highest BCUT2D eigenvalue weighted by atomic mass is 31.2. The van der Waals surface area contributed by atoms with E-state index >= 15 is 0 Å². The molecular formula is C7H18N2O5P2. The fourth-order valence-corrected chi connectivity index (χ4v) is 3.42. The van der Waals surface area contributed by atoms with Crippen LogP contribution in [0.5, 0.6) is 0 Å². The van der Waals surface area contributed by atoms with Crippen molar-refractivity contribution in [3.63, 3.8) is 0 Å². The van der Waals surface area contributed by atoms with Crippen LogP contribution in [0.15, 0.2) is 0 Å². The van der Waals surface area contributed by atoms with Gasteiger partial charge in [-0.3, -0.25) is 9.99 Å². The highest BCUT2D eigenvalue weighted by Gasteiger charge is 2.18. The first-order valence-electron chi connectivity index (χ1n) is 5.24. The molecular weight excluding hydrogens is 254 g/mol. The molecule has 0 aromatic carbocycles. The van der Waals surface area contributed by atoms with Crippen LogP contribution < -0.4 is 5.43 Å². The molecule has 1 unspecified atom stereocenters. The first-order valence-corrected chi connectivity index (χ1v) is 8.29. The number of hydrogen-bond donors (Lipinski definition) is 3. The van der Waals surface area contributed by atoms with Crippen molar-refractivity contribution in [2.75, 3.05) is 25.8 Å². The second-order valence-corrected chi connectivity index (χ2v) is 6.62. The molecule has 0 aliphatic carbocycles. The maximum absolute atomic E-state index is 11.1. The fraction of sp³-hybridized carbons (Fsp3) is 1.00. The van der Waals surface area contributed by atoms with Gasteiger partial charge < -0.3 is 9.79 Å². The average Bonchev–Trinajstić information content (AvgIpc) is 2.62. The monoisotopic (exact) mass is 272 g/mol. The van der Waals surface area contributed by atoms with Crippen LogP contribution in [0.4, 0.5) is 0 Å². The summed E-state index contributed by atoms with van der Waals surface area (Å²) in [6.07, 6.45) is 3.14. The van der Waals surface area contributed by atoms with Gasteiger partial charge in [0, 0.05) is 25.8 Å². The third-order valence-corrected chi connectivity index (χ3v) is 4.75. The lowest BCUT2D eigenvalue weighted by Gasteiger charge is -2.15. The molecule has 0 amide bonds. The standard InChI is InChI=1S/C7H18N2O5P2/c10-15(14-16(11,12)13)7-3-4-8-9-5-1-2-6-9/h8,15H,1-7H2,(H2,11,12,13). The molecule has 1 saturated heterocycles. The Morgan fingerprint density at radius 1 is 1.38 bits per heavy atom.